The minimum Gasteiger partial charge on any atom is -0.379 e. The van der Waals surface area contributed by atoms with Gasteiger partial charge in [-0.15, -0.1) is 11.3 Å². The maximum Gasteiger partial charge on any atom is 0.140 e. The second kappa shape index (κ2) is 8.10. The minimum absolute atomic E-state index is 0.755. The highest BCUT2D eigenvalue weighted by molar-refractivity contribution is 7.10. The van der Waals surface area contributed by atoms with Crippen molar-refractivity contribution in [3.8, 4) is 0 Å². The Kier molecular flexibility index (Phi) is 5.64. The molecular formula is C17H28N4O2S. The topological polar surface area (TPSA) is 41.1 Å². The first kappa shape index (κ1) is 16.7. The number of hydrogen-bond acceptors (Lipinski definition) is 7. The van der Waals surface area contributed by atoms with Gasteiger partial charge in [-0.25, -0.2) is 4.98 Å². The molecule has 0 radical (unpaired) electrons. The van der Waals surface area contributed by atoms with E-state index < -0.39 is 0 Å². The zero-order chi connectivity index (χ0) is 16.2. The number of likely N-dealkylation sites (tertiary alicyclic amines) is 1. The van der Waals surface area contributed by atoms with Crippen LogP contribution in [0.3, 0.4) is 0 Å². The third kappa shape index (κ3) is 4.08. The van der Waals surface area contributed by atoms with E-state index in [4.69, 9.17) is 14.5 Å². The predicted octanol–water partition coefficient (Wildman–Crippen LogP) is 1.28. The van der Waals surface area contributed by atoms with Crippen molar-refractivity contribution in [2.75, 3.05) is 70.6 Å². The van der Waals surface area contributed by atoms with Crippen molar-refractivity contribution in [2.45, 2.75) is 25.4 Å². The molecule has 0 atom stereocenters. The Bertz CT molecular complexity index is 506. The lowest BCUT2D eigenvalue weighted by Crippen LogP contribution is -2.48. The van der Waals surface area contributed by atoms with Gasteiger partial charge in [-0.1, -0.05) is 0 Å². The molecule has 1 aromatic heterocycles. The molecule has 0 saturated carbocycles. The molecule has 3 aliphatic rings. The van der Waals surface area contributed by atoms with Crippen molar-refractivity contribution < 1.29 is 9.47 Å². The zero-order valence-electron chi connectivity index (χ0n) is 14.4. The molecule has 24 heavy (non-hydrogen) atoms. The van der Waals surface area contributed by atoms with E-state index in [9.17, 15) is 0 Å². The highest BCUT2D eigenvalue weighted by atomic mass is 32.1. The smallest absolute Gasteiger partial charge is 0.140 e. The normalized spacial score (nSPS) is 25.2. The lowest BCUT2D eigenvalue weighted by atomic mass is 10.0. The first-order valence-corrected chi connectivity index (χ1v) is 10.1. The molecule has 0 spiro atoms. The van der Waals surface area contributed by atoms with E-state index in [-0.39, 0.29) is 0 Å². The van der Waals surface area contributed by atoms with Crippen LogP contribution in [0.2, 0.25) is 0 Å². The van der Waals surface area contributed by atoms with Crippen LogP contribution in [-0.2, 0) is 16.0 Å². The number of morpholine rings is 2. The van der Waals surface area contributed by atoms with Gasteiger partial charge in [-0.2, -0.15) is 0 Å². The van der Waals surface area contributed by atoms with Crippen molar-refractivity contribution in [3.63, 3.8) is 0 Å². The molecule has 6 nitrogen and oxygen atoms in total. The van der Waals surface area contributed by atoms with E-state index in [1.54, 1.807) is 11.3 Å². The number of piperidine rings is 1. The molecule has 4 heterocycles. The Morgan fingerprint density at radius 3 is 2.33 bits per heavy atom. The van der Waals surface area contributed by atoms with Gasteiger partial charge in [0.2, 0.25) is 0 Å². The van der Waals surface area contributed by atoms with Crippen LogP contribution in [0.1, 0.15) is 17.8 Å². The van der Waals surface area contributed by atoms with Crippen molar-refractivity contribution >= 4 is 17.2 Å². The van der Waals surface area contributed by atoms with Gasteiger partial charge in [-0.05, 0) is 12.8 Å². The average Bonchev–Trinajstić information content (AvgIpc) is 3.12. The lowest BCUT2D eigenvalue weighted by molar-refractivity contribution is 0.000227. The quantitative estimate of drug-likeness (QED) is 0.813. The van der Waals surface area contributed by atoms with Crippen LogP contribution in [0.5, 0.6) is 0 Å². The van der Waals surface area contributed by atoms with Crippen molar-refractivity contribution in [2.24, 2.45) is 0 Å². The van der Waals surface area contributed by atoms with Gasteiger partial charge in [0.15, 0.2) is 0 Å². The summed E-state index contributed by atoms with van der Waals surface area (Å²) in [5.74, 6) is 1.14. The van der Waals surface area contributed by atoms with E-state index >= 15 is 0 Å². The summed E-state index contributed by atoms with van der Waals surface area (Å²) in [6, 6.07) is 0.755. The van der Waals surface area contributed by atoms with E-state index in [0.717, 1.165) is 71.0 Å². The largest absolute Gasteiger partial charge is 0.379 e. The van der Waals surface area contributed by atoms with Gasteiger partial charge in [0.1, 0.15) is 10.8 Å². The molecule has 7 heteroatoms. The van der Waals surface area contributed by atoms with Gasteiger partial charge in [0.05, 0.1) is 33.0 Å². The molecule has 0 bridgehead atoms. The molecule has 0 amide bonds. The Hall–Kier alpha value is -0.730. The zero-order valence-corrected chi connectivity index (χ0v) is 15.2. The summed E-state index contributed by atoms with van der Waals surface area (Å²) in [6.45, 7) is 11.0. The summed E-state index contributed by atoms with van der Waals surface area (Å²) in [4.78, 5) is 12.4. The second-order valence-corrected chi connectivity index (χ2v) is 7.80. The fourth-order valence-electron chi connectivity index (χ4n) is 3.89. The van der Waals surface area contributed by atoms with Crippen LogP contribution >= 0.6 is 11.3 Å². The lowest BCUT2D eigenvalue weighted by Gasteiger charge is -2.39. The number of thiazole rings is 1. The summed E-state index contributed by atoms with van der Waals surface area (Å²) in [7, 11) is 0. The van der Waals surface area contributed by atoms with E-state index in [1.807, 2.05) is 0 Å². The number of aromatic nitrogens is 1. The summed E-state index contributed by atoms with van der Waals surface area (Å²) in [5.41, 5.74) is 0. The number of hydrogen-bond donors (Lipinski definition) is 0. The van der Waals surface area contributed by atoms with Gasteiger partial charge in [0.25, 0.3) is 0 Å². The average molecular weight is 353 g/mol. The predicted molar refractivity (Wildman–Crippen MR) is 95.8 cm³/mol. The molecule has 1 aromatic rings. The Morgan fingerprint density at radius 2 is 1.62 bits per heavy atom. The second-order valence-electron chi connectivity index (χ2n) is 6.85. The molecule has 134 valence electrons. The molecule has 0 unspecified atom stereocenters. The first-order chi connectivity index (χ1) is 11.9. The maximum absolute atomic E-state index is 5.47. The van der Waals surface area contributed by atoms with Crippen LogP contribution in [0.15, 0.2) is 5.38 Å². The Labute approximate surface area is 148 Å². The fourth-order valence-corrected chi connectivity index (χ4v) is 4.73. The van der Waals surface area contributed by atoms with Crippen molar-refractivity contribution in [1.82, 2.24) is 14.8 Å². The Balaban J connectivity index is 1.25. The number of ether oxygens (including phenoxy) is 2. The molecule has 3 fully saturated rings. The standard InChI is InChI=1S/C17H28N4O2S/c1-3-19(4-2-15(1)20-5-9-22-10-6-20)13-17-18-16(14-24-17)21-7-11-23-12-8-21/h14-15H,1-13H2. The number of anilines is 1. The molecule has 3 aliphatic heterocycles. The molecular weight excluding hydrogens is 324 g/mol. The summed E-state index contributed by atoms with van der Waals surface area (Å²) in [5, 5.41) is 3.46. The maximum atomic E-state index is 5.47. The van der Waals surface area contributed by atoms with Crippen LogP contribution in [0.25, 0.3) is 0 Å². The molecule has 3 saturated heterocycles. The van der Waals surface area contributed by atoms with Gasteiger partial charge >= 0.3 is 0 Å². The highest BCUT2D eigenvalue weighted by Gasteiger charge is 2.26. The van der Waals surface area contributed by atoms with Crippen LogP contribution < -0.4 is 4.90 Å². The van der Waals surface area contributed by atoms with Crippen LogP contribution in [-0.4, -0.2) is 86.5 Å². The van der Waals surface area contributed by atoms with Crippen molar-refractivity contribution in [3.05, 3.63) is 10.4 Å². The summed E-state index contributed by atoms with van der Waals surface area (Å²) in [6.07, 6.45) is 2.56. The van der Waals surface area contributed by atoms with Crippen LogP contribution in [0, 0.1) is 0 Å². The monoisotopic (exact) mass is 352 g/mol. The van der Waals surface area contributed by atoms with E-state index in [0.29, 0.717) is 0 Å². The third-order valence-corrected chi connectivity index (χ3v) is 6.17. The molecule has 0 aromatic carbocycles. The SMILES string of the molecule is c1sc(CN2CCC(N3CCOCC3)CC2)nc1N1CCOCC1. The van der Waals surface area contributed by atoms with Gasteiger partial charge < -0.3 is 14.4 Å². The van der Waals surface area contributed by atoms with E-state index in [1.165, 1.54) is 30.9 Å². The Morgan fingerprint density at radius 1 is 0.958 bits per heavy atom. The van der Waals surface area contributed by atoms with Gasteiger partial charge in [0, 0.05) is 50.7 Å². The van der Waals surface area contributed by atoms with E-state index in [2.05, 4.69) is 20.1 Å². The molecule has 0 N–H and O–H groups in total. The molecule has 0 aliphatic carbocycles. The summed E-state index contributed by atoms with van der Waals surface area (Å²) < 4.78 is 10.9. The third-order valence-electron chi connectivity index (χ3n) is 5.35. The van der Waals surface area contributed by atoms with Crippen molar-refractivity contribution in [1.29, 1.82) is 0 Å². The first-order valence-electron chi connectivity index (χ1n) is 9.20. The molecule has 4 rings (SSSR count). The fraction of sp³-hybridized carbons (Fsp3) is 0.824. The van der Waals surface area contributed by atoms with Gasteiger partial charge in [-0.3, -0.25) is 9.80 Å². The number of nitrogens with zero attached hydrogens (tertiary/aromatic N) is 4. The minimum atomic E-state index is 0.755. The summed E-state index contributed by atoms with van der Waals surface area (Å²) >= 11 is 1.80. The number of rotatable bonds is 4. The highest BCUT2D eigenvalue weighted by Crippen LogP contribution is 2.23. The van der Waals surface area contributed by atoms with Crippen LogP contribution in [0.4, 0.5) is 5.82 Å².